The van der Waals surface area contributed by atoms with E-state index >= 15 is 0 Å². The van der Waals surface area contributed by atoms with Gasteiger partial charge in [-0.2, -0.15) is 4.98 Å². The van der Waals surface area contributed by atoms with Crippen molar-refractivity contribution in [1.29, 1.82) is 0 Å². The highest BCUT2D eigenvalue weighted by Gasteiger charge is 2.10. The Bertz CT molecular complexity index is 853. The van der Waals surface area contributed by atoms with Crippen LogP contribution in [0.2, 0.25) is 5.02 Å². The average molecular weight is 316 g/mol. The van der Waals surface area contributed by atoms with Crippen LogP contribution >= 0.6 is 11.6 Å². The van der Waals surface area contributed by atoms with E-state index in [9.17, 15) is 5.11 Å². The molecule has 22 heavy (non-hydrogen) atoms. The molecule has 1 aromatic heterocycles. The van der Waals surface area contributed by atoms with Gasteiger partial charge in [-0.15, -0.1) is 0 Å². The molecule has 3 aromatic rings. The van der Waals surface area contributed by atoms with E-state index in [1.807, 2.05) is 24.3 Å². The predicted octanol–water partition coefficient (Wildman–Crippen LogP) is 2.31. The zero-order valence-electron chi connectivity index (χ0n) is 11.5. The first-order chi connectivity index (χ1) is 10.6. The van der Waals surface area contributed by atoms with Crippen molar-refractivity contribution in [2.45, 2.75) is 6.61 Å². The lowest BCUT2D eigenvalue weighted by atomic mass is 10.0. The molecule has 0 unspecified atom stereocenters. The summed E-state index contributed by atoms with van der Waals surface area (Å²) in [6.45, 7) is -0.0486. The van der Waals surface area contributed by atoms with Gasteiger partial charge in [-0.1, -0.05) is 23.7 Å². The van der Waals surface area contributed by atoms with E-state index < -0.39 is 0 Å². The Morgan fingerprint density at radius 3 is 2.68 bits per heavy atom. The van der Waals surface area contributed by atoms with Crippen LogP contribution in [0.5, 0.6) is 0 Å². The third kappa shape index (κ3) is 2.55. The number of fused-ring (bicyclic) bond motifs is 1. The van der Waals surface area contributed by atoms with Crippen LogP contribution in [-0.4, -0.2) is 15.1 Å². The number of benzene rings is 2. The van der Waals surface area contributed by atoms with Crippen molar-refractivity contribution in [3.63, 3.8) is 0 Å². The molecule has 0 aliphatic heterocycles. The molecule has 0 radical (unpaired) electrons. The minimum absolute atomic E-state index is 0.0486. The predicted molar refractivity (Wildman–Crippen MR) is 88.1 cm³/mol. The molecule has 6 N–H and O–H groups in total. The number of anilines is 2. The lowest BCUT2D eigenvalue weighted by Gasteiger charge is -2.10. The molecule has 7 heteroatoms. The highest BCUT2D eigenvalue weighted by atomic mass is 35.5. The molecule has 0 saturated carbocycles. The molecule has 0 spiro atoms. The molecule has 6 nitrogen and oxygen atoms in total. The van der Waals surface area contributed by atoms with Crippen LogP contribution in [0.3, 0.4) is 0 Å². The first-order valence-corrected chi connectivity index (χ1v) is 6.93. The molecule has 3 rings (SSSR count). The quantitative estimate of drug-likeness (QED) is 0.436. The maximum Gasteiger partial charge on any atom is 0.222 e. The van der Waals surface area contributed by atoms with Gasteiger partial charge in [0.15, 0.2) is 5.82 Å². The molecule has 0 fully saturated rings. The number of nitrogens with two attached hydrogens (primary N) is 2. The smallest absolute Gasteiger partial charge is 0.222 e. The van der Waals surface area contributed by atoms with E-state index in [1.165, 1.54) is 0 Å². The van der Waals surface area contributed by atoms with Gasteiger partial charge in [0.2, 0.25) is 5.95 Å². The van der Waals surface area contributed by atoms with Crippen LogP contribution in [0.1, 0.15) is 5.56 Å². The zero-order valence-corrected chi connectivity index (χ0v) is 12.3. The molecule has 2 aromatic carbocycles. The summed E-state index contributed by atoms with van der Waals surface area (Å²) in [4.78, 5) is 8.24. The maximum atomic E-state index is 9.28. The van der Waals surface area contributed by atoms with E-state index in [0.717, 1.165) is 22.1 Å². The molecule has 0 saturated heterocycles. The summed E-state index contributed by atoms with van der Waals surface area (Å²) in [5, 5.41) is 10.6. The number of halogens is 1. The van der Waals surface area contributed by atoms with E-state index in [0.29, 0.717) is 16.4 Å². The first kappa shape index (κ1) is 14.5. The monoisotopic (exact) mass is 315 g/mol. The number of hydrogen-bond acceptors (Lipinski definition) is 6. The van der Waals surface area contributed by atoms with Gasteiger partial charge in [0.1, 0.15) is 0 Å². The van der Waals surface area contributed by atoms with Crippen LogP contribution in [0.25, 0.3) is 22.0 Å². The maximum absolute atomic E-state index is 9.28. The third-order valence-electron chi connectivity index (χ3n) is 3.37. The Morgan fingerprint density at radius 2 is 1.95 bits per heavy atom. The van der Waals surface area contributed by atoms with Crippen molar-refractivity contribution in [1.82, 2.24) is 9.97 Å². The van der Waals surface area contributed by atoms with Gasteiger partial charge in [0.25, 0.3) is 0 Å². The summed E-state index contributed by atoms with van der Waals surface area (Å²) in [6.07, 6.45) is 0. The van der Waals surface area contributed by atoms with Gasteiger partial charge < -0.3 is 16.3 Å². The Labute approximate surface area is 131 Å². The number of nitrogens with zero attached hydrogens (tertiary/aromatic N) is 2. The van der Waals surface area contributed by atoms with Crippen LogP contribution in [0.4, 0.5) is 11.8 Å². The molecular formula is C15H14ClN5O. The lowest BCUT2D eigenvalue weighted by Crippen LogP contribution is -2.11. The van der Waals surface area contributed by atoms with Gasteiger partial charge in [-0.25, -0.2) is 10.8 Å². The normalized spacial score (nSPS) is 10.9. The highest BCUT2D eigenvalue weighted by molar-refractivity contribution is 6.33. The van der Waals surface area contributed by atoms with Gasteiger partial charge in [0, 0.05) is 16.0 Å². The number of aliphatic hydroxyl groups excluding tert-OH is 1. The fourth-order valence-electron chi connectivity index (χ4n) is 2.32. The van der Waals surface area contributed by atoms with Crippen LogP contribution in [0.15, 0.2) is 36.4 Å². The Balaban J connectivity index is 2.22. The zero-order chi connectivity index (χ0) is 15.7. The van der Waals surface area contributed by atoms with Gasteiger partial charge in [-0.05, 0) is 35.4 Å². The summed E-state index contributed by atoms with van der Waals surface area (Å²) in [7, 11) is 0. The van der Waals surface area contributed by atoms with E-state index in [2.05, 4.69) is 15.4 Å². The molecule has 1 heterocycles. The number of nitrogen functional groups attached to an aromatic ring is 2. The van der Waals surface area contributed by atoms with E-state index in [-0.39, 0.29) is 12.6 Å². The second kappa shape index (κ2) is 5.76. The molecule has 0 aliphatic rings. The minimum atomic E-state index is -0.0486. The number of hydrazine groups is 1. The van der Waals surface area contributed by atoms with Crippen molar-refractivity contribution >= 4 is 34.3 Å². The second-order valence-electron chi connectivity index (χ2n) is 4.78. The van der Waals surface area contributed by atoms with Crippen molar-refractivity contribution in [2.24, 2.45) is 5.84 Å². The highest BCUT2D eigenvalue weighted by Crippen LogP contribution is 2.32. The SMILES string of the molecule is NNc1nc(N)nc2ccc(-c3cc(CO)ccc3Cl)cc12. The Morgan fingerprint density at radius 1 is 1.14 bits per heavy atom. The molecule has 0 aliphatic carbocycles. The summed E-state index contributed by atoms with van der Waals surface area (Å²) in [5.74, 6) is 6.08. The summed E-state index contributed by atoms with van der Waals surface area (Å²) < 4.78 is 0. The first-order valence-electron chi connectivity index (χ1n) is 6.56. The minimum Gasteiger partial charge on any atom is -0.392 e. The lowest BCUT2D eigenvalue weighted by molar-refractivity contribution is 0.282. The van der Waals surface area contributed by atoms with E-state index in [4.69, 9.17) is 23.2 Å². The average Bonchev–Trinajstić information content (AvgIpc) is 2.54. The number of hydrogen-bond donors (Lipinski definition) is 4. The van der Waals surface area contributed by atoms with Crippen LogP contribution in [0, 0.1) is 0 Å². The van der Waals surface area contributed by atoms with Gasteiger partial charge >= 0.3 is 0 Å². The van der Waals surface area contributed by atoms with E-state index in [1.54, 1.807) is 12.1 Å². The van der Waals surface area contributed by atoms with Crippen molar-refractivity contribution < 1.29 is 5.11 Å². The Hall–Kier alpha value is -2.41. The fourth-order valence-corrected chi connectivity index (χ4v) is 2.54. The molecule has 112 valence electrons. The molecule has 0 atom stereocenters. The summed E-state index contributed by atoms with van der Waals surface area (Å²) >= 11 is 6.26. The number of aromatic nitrogens is 2. The van der Waals surface area contributed by atoms with Crippen LogP contribution < -0.4 is 17.0 Å². The number of rotatable bonds is 3. The standard InChI is InChI=1S/C15H14ClN5O/c16-12-3-1-8(7-22)5-10(12)9-2-4-13-11(6-9)14(21-18)20-15(17)19-13/h1-6,22H,7,18H2,(H3,17,19,20,21). The molecule has 0 bridgehead atoms. The second-order valence-corrected chi connectivity index (χ2v) is 5.19. The molecule has 0 amide bonds. The van der Waals surface area contributed by atoms with Crippen molar-refractivity contribution in [3.05, 3.63) is 47.0 Å². The van der Waals surface area contributed by atoms with Gasteiger partial charge in [0.05, 0.1) is 12.1 Å². The third-order valence-corrected chi connectivity index (χ3v) is 3.70. The number of aliphatic hydroxyl groups is 1. The summed E-state index contributed by atoms with van der Waals surface area (Å²) in [5.41, 5.74) is 11.3. The molecular weight excluding hydrogens is 302 g/mol. The Kier molecular flexibility index (Phi) is 3.81. The van der Waals surface area contributed by atoms with Crippen molar-refractivity contribution in [3.8, 4) is 11.1 Å². The fraction of sp³-hybridized carbons (Fsp3) is 0.0667. The topological polar surface area (TPSA) is 110 Å². The van der Waals surface area contributed by atoms with Crippen molar-refractivity contribution in [2.75, 3.05) is 11.2 Å². The van der Waals surface area contributed by atoms with Gasteiger partial charge in [-0.3, -0.25) is 0 Å². The largest absolute Gasteiger partial charge is 0.392 e. The summed E-state index contributed by atoms with van der Waals surface area (Å²) in [6, 6.07) is 11.0. The number of nitrogens with one attached hydrogen (secondary N) is 1. The van der Waals surface area contributed by atoms with Crippen LogP contribution in [-0.2, 0) is 6.61 Å².